The van der Waals surface area contributed by atoms with Crippen molar-refractivity contribution >= 4 is 0 Å². The zero-order chi connectivity index (χ0) is 11.7. The normalized spacial score (nSPS) is 29.5. The Morgan fingerprint density at radius 3 is 3.24 bits per heavy atom. The van der Waals surface area contributed by atoms with Gasteiger partial charge in [0, 0.05) is 38.1 Å². The molecule has 1 aromatic rings. The summed E-state index contributed by atoms with van der Waals surface area (Å²) >= 11 is 0. The van der Waals surface area contributed by atoms with Crippen LogP contribution in [0.5, 0.6) is 0 Å². The van der Waals surface area contributed by atoms with E-state index in [4.69, 9.17) is 0 Å². The molecule has 2 unspecified atom stereocenters. The van der Waals surface area contributed by atoms with Crippen molar-refractivity contribution in [2.45, 2.75) is 38.9 Å². The van der Waals surface area contributed by atoms with Gasteiger partial charge >= 0.3 is 0 Å². The number of aryl methyl sites for hydroxylation is 1. The molecule has 0 bridgehead atoms. The number of hydrogen-bond acceptors (Lipinski definition) is 3. The number of nitrogens with zero attached hydrogens (tertiary/aromatic N) is 3. The first-order chi connectivity index (χ1) is 8.36. The highest BCUT2D eigenvalue weighted by molar-refractivity contribution is 4.97. The molecule has 94 valence electrons. The van der Waals surface area contributed by atoms with Crippen LogP contribution in [-0.4, -0.2) is 40.1 Å². The van der Waals surface area contributed by atoms with Crippen molar-refractivity contribution in [1.29, 1.82) is 0 Å². The number of imidazole rings is 1. The molecule has 1 N–H and O–H groups in total. The van der Waals surface area contributed by atoms with Gasteiger partial charge in [0.2, 0.25) is 0 Å². The maximum absolute atomic E-state index is 4.47. The average Bonchev–Trinajstić information content (AvgIpc) is 2.94. The van der Waals surface area contributed by atoms with Crippen molar-refractivity contribution < 1.29 is 0 Å². The van der Waals surface area contributed by atoms with Crippen LogP contribution in [0.1, 0.15) is 25.6 Å². The summed E-state index contributed by atoms with van der Waals surface area (Å²) in [6.45, 7) is 7.86. The van der Waals surface area contributed by atoms with E-state index in [9.17, 15) is 0 Å². The summed E-state index contributed by atoms with van der Waals surface area (Å²) < 4.78 is 2.25. The molecule has 0 radical (unpaired) electrons. The Hall–Kier alpha value is -0.870. The molecule has 4 nitrogen and oxygen atoms in total. The molecule has 17 heavy (non-hydrogen) atoms. The van der Waals surface area contributed by atoms with Gasteiger partial charge in [-0.2, -0.15) is 0 Å². The fraction of sp³-hybridized carbons (Fsp3) is 0.769. The van der Waals surface area contributed by atoms with Gasteiger partial charge in [0.25, 0.3) is 0 Å². The second-order valence-corrected chi connectivity index (χ2v) is 5.29. The molecule has 0 spiro atoms. The van der Waals surface area contributed by atoms with Gasteiger partial charge < -0.3 is 9.88 Å². The third-order valence-electron chi connectivity index (χ3n) is 4.18. The van der Waals surface area contributed by atoms with Crippen molar-refractivity contribution in [3.8, 4) is 0 Å². The molecule has 0 aliphatic carbocycles. The van der Waals surface area contributed by atoms with E-state index in [1.54, 1.807) is 0 Å². The van der Waals surface area contributed by atoms with Crippen LogP contribution in [0.15, 0.2) is 12.4 Å². The van der Waals surface area contributed by atoms with E-state index in [2.05, 4.69) is 32.9 Å². The van der Waals surface area contributed by atoms with Gasteiger partial charge in [-0.05, 0) is 32.2 Å². The fourth-order valence-corrected chi connectivity index (χ4v) is 3.24. The van der Waals surface area contributed by atoms with E-state index >= 15 is 0 Å². The van der Waals surface area contributed by atoms with E-state index in [0.717, 1.165) is 25.0 Å². The SMILES string of the molecule is CCn1ccnc1CN1CC2CCCNC2C1. The molecule has 3 rings (SSSR count). The quantitative estimate of drug-likeness (QED) is 0.850. The first kappa shape index (κ1) is 11.2. The highest BCUT2D eigenvalue weighted by Gasteiger charge is 2.34. The van der Waals surface area contributed by atoms with Crippen LogP contribution >= 0.6 is 0 Å². The third kappa shape index (κ3) is 2.24. The second-order valence-electron chi connectivity index (χ2n) is 5.29. The summed E-state index contributed by atoms with van der Waals surface area (Å²) in [5.41, 5.74) is 0. The Morgan fingerprint density at radius 1 is 1.47 bits per heavy atom. The summed E-state index contributed by atoms with van der Waals surface area (Å²) in [6.07, 6.45) is 6.74. The molecule has 0 saturated carbocycles. The summed E-state index contributed by atoms with van der Waals surface area (Å²) in [7, 11) is 0. The Kier molecular flexibility index (Phi) is 3.16. The zero-order valence-electron chi connectivity index (χ0n) is 10.6. The average molecular weight is 234 g/mol. The predicted molar refractivity (Wildman–Crippen MR) is 67.7 cm³/mol. The smallest absolute Gasteiger partial charge is 0.122 e. The number of fused-ring (bicyclic) bond motifs is 1. The van der Waals surface area contributed by atoms with Crippen LogP contribution in [0.25, 0.3) is 0 Å². The molecule has 1 aromatic heterocycles. The van der Waals surface area contributed by atoms with Crippen LogP contribution in [-0.2, 0) is 13.1 Å². The van der Waals surface area contributed by atoms with Crippen molar-refractivity contribution in [1.82, 2.24) is 19.8 Å². The molecule has 2 aliphatic rings. The number of likely N-dealkylation sites (tertiary alicyclic amines) is 1. The highest BCUT2D eigenvalue weighted by Crippen LogP contribution is 2.25. The number of hydrogen-bond donors (Lipinski definition) is 1. The van der Waals surface area contributed by atoms with Crippen molar-refractivity contribution in [2.24, 2.45) is 5.92 Å². The molecule has 2 aliphatic heterocycles. The van der Waals surface area contributed by atoms with Crippen molar-refractivity contribution in [3.05, 3.63) is 18.2 Å². The largest absolute Gasteiger partial charge is 0.334 e. The molecule has 2 saturated heterocycles. The first-order valence-electron chi connectivity index (χ1n) is 6.82. The Morgan fingerprint density at radius 2 is 2.41 bits per heavy atom. The van der Waals surface area contributed by atoms with Crippen LogP contribution < -0.4 is 5.32 Å². The van der Waals surface area contributed by atoms with Crippen molar-refractivity contribution in [3.63, 3.8) is 0 Å². The maximum Gasteiger partial charge on any atom is 0.122 e. The minimum Gasteiger partial charge on any atom is -0.334 e. The minimum absolute atomic E-state index is 0.730. The molecular weight excluding hydrogens is 212 g/mol. The van der Waals surface area contributed by atoms with Gasteiger partial charge in [-0.1, -0.05) is 0 Å². The molecule has 3 heterocycles. The predicted octanol–water partition coefficient (Wildman–Crippen LogP) is 1.09. The molecule has 2 fully saturated rings. The summed E-state index contributed by atoms with van der Waals surface area (Å²) in [6, 6.07) is 0.730. The molecular formula is C13H22N4. The summed E-state index contributed by atoms with van der Waals surface area (Å²) in [5, 5.41) is 3.65. The molecule has 0 amide bonds. The van der Waals surface area contributed by atoms with E-state index < -0.39 is 0 Å². The van der Waals surface area contributed by atoms with Crippen LogP contribution in [0, 0.1) is 5.92 Å². The summed E-state index contributed by atoms with van der Waals surface area (Å²) in [4.78, 5) is 7.03. The topological polar surface area (TPSA) is 33.1 Å². The van der Waals surface area contributed by atoms with E-state index in [1.807, 2.05) is 6.20 Å². The van der Waals surface area contributed by atoms with E-state index in [-0.39, 0.29) is 0 Å². The second kappa shape index (κ2) is 4.78. The first-order valence-corrected chi connectivity index (χ1v) is 6.82. The monoisotopic (exact) mass is 234 g/mol. The maximum atomic E-state index is 4.47. The number of rotatable bonds is 3. The molecule has 0 aromatic carbocycles. The van der Waals surface area contributed by atoms with Gasteiger partial charge in [0.1, 0.15) is 5.82 Å². The lowest BCUT2D eigenvalue weighted by molar-refractivity contribution is 0.301. The van der Waals surface area contributed by atoms with Gasteiger partial charge in [-0.3, -0.25) is 4.90 Å². The van der Waals surface area contributed by atoms with Crippen molar-refractivity contribution in [2.75, 3.05) is 19.6 Å². The number of aromatic nitrogens is 2. The number of piperidine rings is 1. The Labute approximate surface area is 103 Å². The van der Waals surface area contributed by atoms with E-state index in [1.165, 1.54) is 38.3 Å². The molecule has 4 heteroatoms. The minimum atomic E-state index is 0.730. The fourth-order valence-electron chi connectivity index (χ4n) is 3.24. The van der Waals surface area contributed by atoms with Gasteiger partial charge in [-0.15, -0.1) is 0 Å². The van der Waals surface area contributed by atoms with E-state index in [0.29, 0.717) is 0 Å². The summed E-state index contributed by atoms with van der Waals surface area (Å²) in [5.74, 6) is 2.08. The van der Waals surface area contributed by atoms with Crippen LogP contribution in [0.2, 0.25) is 0 Å². The van der Waals surface area contributed by atoms with Crippen LogP contribution in [0.4, 0.5) is 0 Å². The lowest BCUT2D eigenvalue weighted by atomic mass is 9.94. The Balaban J connectivity index is 1.63. The standard InChI is InChI=1S/C13H22N4/c1-2-17-7-6-15-13(17)10-16-8-11-4-3-5-14-12(11)9-16/h6-7,11-12,14H,2-5,8-10H2,1H3. The number of nitrogens with one attached hydrogen (secondary N) is 1. The van der Waals surface area contributed by atoms with Gasteiger partial charge in [-0.25, -0.2) is 4.98 Å². The third-order valence-corrected chi connectivity index (χ3v) is 4.18. The Bertz CT molecular complexity index is 359. The van der Waals surface area contributed by atoms with Gasteiger partial charge in [0.05, 0.1) is 6.54 Å². The van der Waals surface area contributed by atoms with Crippen LogP contribution in [0.3, 0.4) is 0 Å². The highest BCUT2D eigenvalue weighted by atomic mass is 15.2. The lowest BCUT2D eigenvalue weighted by Gasteiger charge is -2.24. The van der Waals surface area contributed by atoms with Gasteiger partial charge in [0.15, 0.2) is 0 Å². The molecule has 2 atom stereocenters. The lowest BCUT2D eigenvalue weighted by Crippen LogP contribution is -2.40. The zero-order valence-corrected chi connectivity index (χ0v) is 10.6.